The van der Waals surface area contributed by atoms with E-state index in [2.05, 4.69) is 9.82 Å². The number of nitrogens with zero attached hydrogens (tertiary/aromatic N) is 2. The summed E-state index contributed by atoms with van der Waals surface area (Å²) in [5.41, 5.74) is 0.616. The molecule has 1 aromatic heterocycles. The van der Waals surface area contributed by atoms with Gasteiger partial charge in [0.25, 0.3) is 10.0 Å². The van der Waals surface area contributed by atoms with Crippen LogP contribution >= 0.6 is 11.6 Å². The van der Waals surface area contributed by atoms with Crippen molar-refractivity contribution in [1.29, 1.82) is 0 Å². The molecule has 22 heavy (non-hydrogen) atoms. The van der Waals surface area contributed by atoms with Gasteiger partial charge < -0.3 is 9.47 Å². The predicted molar refractivity (Wildman–Crippen MR) is 83.3 cm³/mol. The summed E-state index contributed by atoms with van der Waals surface area (Å²) >= 11 is 6.01. The Balaban J connectivity index is 2.45. The molecule has 0 atom stereocenters. The van der Waals surface area contributed by atoms with E-state index >= 15 is 0 Å². The third-order valence-corrected chi connectivity index (χ3v) is 5.05. The Morgan fingerprint density at radius 3 is 2.14 bits per heavy atom. The first-order valence-electron chi connectivity index (χ1n) is 6.23. The summed E-state index contributed by atoms with van der Waals surface area (Å²) in [5.74, 6) is 0.928. The number of hydrogen-bond donors (Lipinski definition) is 1. The lowest BCUT2D eigenvalue weighted by Gasteiger charge is -2.11. The van der Waals surface area contributed by atoms with E-state index < -0.39 is 10.0 Å². The molecule has 0 aliphatic rings. The Morgan fingerprint density at radius 1 is 1.18 bits per heavy atom. The maximum atomic E-state index is 12.5. The largest absolute Gasteiger partial charge is 0.497 e. The van der Waals surface area contributed by atoms with Crippen molar-refractivity contribution in [3.63, 3.8) is 0 Å². The van der Waals surface area contributed by atoms with Crippen LogP contribution in [0.15, 0.2) is 23.1 Å². The minimum absolute atomic E-state index is 0.0415. The van der Waals surface area contributed by atoms with Crippen LogP contribution in [-0.2, 0) is 17.1 Å². The normalized spacial score (nSPS) is 11.3. The molecule has 2 rings (SSSR count). The Hall–Kier alpha value is -1.93. The maximum Gasteiger partial charge on any atom is 0.266 e. The monoisotopic (exact) mass is 345 g/mol. The summed E-state index contributed by atoms with van der Waals surface area (Å²) < 4.78 is 39.0. The zero-order chi connectivity index (χ0) is 16.5. The summed E-state index contributed by atoms with van der Waals surface area (Å²) in [6.45, 7) is 1.58. The van der Waals surface area contributed by atoms with E-state index in [1.807, 2.05) is 0 Å². The number of methoxy groups -OCH3 is 2. The molecule has 7 nitrogen and oxygen atoms in total. The molecule has 0 saturated carbocycles. The highest BCUT2D eigenvalue weighted by molar-refractivity contribution is 7.92. The van der Waals surface area contributed by atoms with Crippen LogP contribution < -0.4 is 14.2 Å². The number of aromatic nitrogens is 2. The van der Waals surface area contributed by atoms with Gasteiger partial charge in [0.05, 0.1) is 25.6 Å². The van der Waals surface area contributed by atoms with Crippen molar-refractivity contribution in [1.82, 2.24) is 9.78 Å². The quantitative estimate of drug-likeness (QED) is 0.898. The van der Waals surface area contributed by atoms with Crippen LogP contribution in [0, 0.1) is 6.92 Å². The number of nitrogens with one attached hydrogen (secondary N) is 1. The second kappa shape index (κ2) is 6.05. The second-order valence-electron chi connectivity index (χ2n) is 4.54. The van der Waals surface area contributed by atoms with Crippen LogP contribution in [-0.4, -0.2) is 32.4 Å². The summed E-state index contributed by atoms with van der Waals surface area (Å²) in [5, 5.41) is 4.04. The summed E-state index contributed by atoms with van der Waals surface area (Å²) in [6, 6.07) is 4.72. The first-order valence-corrected chi connectivity index (χ1v) is 8.09. The first kappa shape index (κ1) is 16.4. The second-order valence-corrected chi connectivity index (χ2v) is 6.51. The van der Waals surface area contributed by atoms with Gasteiger partial charge in [-0.25, -0.2) is 8.42 Å². The van der Waals surface area contributed by atoms with Crippen molar-refractivity contribution < 1.29 is 17.9 Å². The van der Waals surface area contributed by atoms with Gasteiger partial charge >= 0.3 is 0 Å². The molecule has 0 spiro atoms. The Morgan fingerprint density at radius 2 is 1.73 bits per heavy atom. The average Bonchev–Trinajstić information content (AvgIpc) is 2.71. The minimum Gasteiger partial charge on any atom is -0.497 e. The number of sulfonamides is 1. The van der Waals surface area contributed by atoms with Gasteiger partial charge in [-0.2, -0.15) is 5.10 Å². The number of aryl methyl sites for hydroxylation is 2. The third kappa shape index (κ3) is 3.12. The minimum atomic E-state index is -3.88. The smallest absolute Gasteiger partial charge is 0.266 e. The van der Waals surface area contributed by atoms with Crippen LogP contribution in [0.3, 0.4) is 0 Å². The molecule has 0 amide bonds. The van der Waals surface area contributed by atoms with Crippen LogP contribution in [0.25, 0.3) is 0 Å². The number of ether oxygens (including phenoxy) is 2. The highest BCUT2D eigenvalue weighted by Gasteiger charge is 2.25. The van der Waals surface area contributed by atoms with E-state index in [4.69, 9.17) is 21.1 Å². The van der Waals surface area contributed by atoms with Crippen LogP contribution in [0.1, 0.15) is 5.69 Å². The van der Waals surface area contributed by atoms with Crippen molar-refractivity contribution in [2.45, 2.75) is 11.8 Å². The van der Waals surface area contributed by atoms with Gasteiger partial charge in [-0.15, -0.1) is 0 Å². The highest BCUT2D eigenvalue weighted by Crippen LogP contribution is 2.30. The average molecular weight is 346 g/mol. The molecule has 9 heteroatoms. The van der Waals surface area contributed by atoms with Gasteiger partial charge in [0.1, 0.15) is 21.5 Å². The van der Waals surface area contributed by atoms with Gasteiger partial charge in [-0.3, -0.25) is 9.40 Å². The SMILES string of the molecule is COc1cc(NS(=O)(=O)c2c(C)nn(C)c2Cl)cc(OC)c1. The molecular formula is C13H16ClN3O4S. The van der Waals surface area contributed by atoms with Crippen molar-refractivity contribution in [3.8, 4) is 11.5 Å². The van der Waals surface area contributed by atoms with Crippen LogP contribution in [0.4, 0.5) is 5.69 Å². The summed E-state index contributed by atoms with van der Waals surface area (Å²) in [6.07, 6.45) is 0. The lowest BCUT2D eigenvalue weighted by molar-refractivity contribution is 0.395. The fraction of sp³-hybridized carbons (Fsp3) is 0.308. The van der Waals surface area contributed by atoms with Crippen molar-refractivity contribution >= 4 is 27.3 Å². The van der Waals surface area contributed by atoms with E-state index in [1.165, 1.54) is 18.9 Å². The van der Waals surface area contributed by atoms with E-state index in [1.54, 1.807) is 32.2 Å². The van der Waals surface area contributed by atoms with Crippen LogP contribution in [0.5, 0.6) is 11.5 Å². The highest BCUT2D eigenvalue weighted by atomic mass is 35.5. The molecule has 1 heterocycles. The molecule has 0 saturated heterocycles. The molecule has 120 valence electrons. The van der Waals surface area contributed by atoms with Crippen molar-refractivity contribution in [2.75, 3.05) is 18.9 Å². The summed E-state index contributed by atoms with van der Waals surface area (Å²) in [7, 11) is 0.655. The van der Waals surface area contributed by atoms with Gasteiger partial charge in [0.15, 0.2) is 0 Å². The van der Waals surface area contributed by atoms with Crippen LogP contribution in [0.2, 0.25) is 5.15 Å². The zero-order valence-corrected chi connectivity index (χ0v) is 14.1. The topological polar surface area (TPSA) is 82.5 Å². The number of benzene rings is 1. The molecule has 0 radical (unpaired) electrons. The first-order chi connectivity index (χ1) is 10.3. The number of rotatable bonds is 5. The molecule has 0 aliphatic carbocycles. The van der Waals surface area contributed by atoms with Gasteiger partial charge in [0.2, 0.25) is 0 Å². The van der Waals surface area contributed by atoms with E-state index in [9.17, 15) is 8.42 Å². The molecule has 0 aliphatic heterocycles. The fourth-order valence-corrected chi connectivity index (χ4v) is 3.78. The van der Waals surface area contributed by atoms with Crippen molar-refractivity contribution in [2.24, 2.45) is 7.05 Å². The maximum absolute atomic E-state index is 12.5. The lowest BCUT2D eigenvalue weighted by atomic mass is 10.3. The predicted octanol–water partition coefficient (Wildman–Crippen LogP) is 2.20. The summed E-state index contributed by atoms with van der Waals surface area (Å²) in [4.78, 5) is -0.0570. The molecule has 0 unspecified atom stereocenters. The molecule has 1 N–H and O–H groups in total. The van der Waals surface area contributed by atoms with Crippen molar-refractivity contribution in [3.05, 3.63) is 29.0 Å². The molecule has 0 fully saturated rings. The van der Waals surface area contributed by atoms with Gasteiger partial charge in [0, 0.05) is 25.2 Å². The standard InChI is InChI=1S/C13H16ClN3O4S/c1-8-12(13(14)17(2)15-8)22(18,19)16-9-5-10(20-3)7-11(6-9)21-4/h5-7,16H,1-4H3. The number of hydrogen-bond acceptors (Lipinski definition) is 5. The third-order valence-electron chi connectivity index (χ3n) is 2.97. The number of anilines is 1. The molecule has 0 bridgehead atoms. The Kier molecular flexibility index (Phi) is 4.52. The zero-order valence-electron chi connectivity index (χ0n) is 12.5. The Bertz CT molecular complexity index is 780. The molecule has 2 aromatic rings. The Labute approximate surface area is 133 Å². The van der Waals surface area contributed by atoms with Gasteiger partial charge in [-0.05, 0) is 6.92 Å². The lowest BCUT2D eigenvalue weighted by Crippen LogP contribution is -2.14. The number of halogens is 1. The van der Waals surface area contributed by atoms with E-state index in [0.717, 1.165) is 0 Å². The van der Waals surface area contributed by atoms with E-state index in [0.29, 0.717) is 22.9 Å². The fourth-order valence-electron chi connectivity index (χ4n) is 1.99. The van der Waals surface area contributed by atoms with E-state index in [-0.39, 0.29) is 10.0 Å². The molecular weight excluding hydrogens is 330 g/mol. The van der Waals surface area contributed by atoms with Gasteiger partial charge in [-0.1, -0.05) is 11.6 Å². The molecule has 1 aromatic carbocycles.